The van der Waals surface area contributed by atoms with E-state index in [2.05, 4.69) is 0 Å². The lowest BCUT2D eigenvalue weighted by Gasteiger charge is -2.11. The van der Waals surface area contributed by atoms with Gasteiger partial charge in [-0.2, -0.15) is 0 Å². The minimum atomic E-state index is -3.63. The molecule has 16 heavy (non-hydrogen) atoms. The second kappa shape index (κ2) is 4.88. The number of carboxylic acids is 1. The molecule has 1 atom stereocenters. The van der Waals surface area contributed by atoms with Crippen LogP contribution in [0.2, 0.25) is 0 Å². The zero-order valence-electron chi connectivity index (χ0n) is 8.84. The van der Waals surface area contributed by atoms with E-state index in [1.807, 2.05) is 6.92 Å². The fourth-order valence-corrected chi connectivity index (χ4v) is 4.07. The summed E-state index contributed by atoms with van der Waals surface area (Å²) in [6, 6.07) is 6.24. The standard InChI is InChI=1S/C10H12O4S2/c1-7-3-5-9(6-4-7)16(13,14)15-8(2)10(11)12/h3-6,8H,1-2H3,(H,11,12)/p-1. The minimum Gasteiger partial charge on any atom is -0.549 e. The van der Waals surface area contributed by atoms with Crippen molar-refractivity contribution in [1.29, 1.82) is 0 Å². The highest BCUT2D eigenvalue weighted by atomic mass is 33.1. The van der Waals surface area contributed by atoms with Gasteiger partial charge < -0.3 is 9.90 Å². The van der Waals surface area contributed by atoms with E-state index in [0.717, 1.165) is 5.56 Å². The predicted octanol–water partition coefficient (Wildman–Crippen LogP) is 0.555. The number of carbonyl (C=O) groups is 1. The van der Waals surface area contributed by atoms with Crippen LogP contribution in [0.4, 0.5) is 0 Å². The molecule has 0 aliphatic carbocycles. The Morgan fingerprint density at radius 1 is 1.31 bits per heavy atom. The van der Waals surface area contributed by atoms with Crippen molar-refractivity contribution in [2.75, 3.05) is 0 Å². The van der Waals surface area contributed by atoms with Gasteiger partial charge >= 0.3 is 0 Å². The summed E-state index contributed by atoms with van der Waals surface area (Å²) < 4.78 is 23.5. The molecule has 0 saturated heterocycles. The maximum atomic E-state index is 11.7. The number of hydrogen-bond acceptors (Lipinski definition) is 5. The van der Waals surface area contributed by atoms with Crippen LogP contribution in [0.5, 0.6) is 0 Å². The Kier molecular flexibility index (Phi) is 3.98. The van der Waals surface area contributed by atoms with E-state index in [4.69, 9.17) is 0 Å². The zero-order valence-corrected chi connectivity index (χ0v) is 10.5. The summed E-state index contributed by atoms with van der Waals surface area (Å²) in [6.45, 7) is 3.12. The molecule has 6 heteroatoms. The first-order valence-electron chi connectivity index (χ1n) is 4.54. The van der Waals surface area contributed by atoms with Crippen molar-refractivity contribution in [3.63, 3.8) is 0 Å². The van der Waals surface area contributed by atoms with Crippen molar-refractivity contribution in [2.45, 2.75) is 24.0 Å². The second-order valence-corrected chi connectivity index (χ2v) is 7.50. The highest BCUT2D eigenvalue weighted by Crippen LogP contribution is 2.27. The lowest BCUT2D eigenvalue weighted by Crippen LogP contribution is -2.32. The number of hydrogen-bond donors (Lipinski definition) is 0. The highest BCUT2D eigenvalue weighted by Gasteiger charge is 2.19. The van der Waals surface area contributed by atoms with Crippen LogP contribution >= 0.6 is 10.8 Å². The maximum Gasteiger partial charge on any atom is 0.230 e. The molecular formula is C10H11O4S2-. The molecule has 1 aromatic carbocycles. The summed E-state index contributed by atoms with van der Waals surface area (Å²) >= 11 is 0. The molecule has 0 heterocycles. The Balaban J connectivity index is 2.94. The Morgan fingerprint density at radius 3 is 2.25 bits per heavy atom. The van der Waals surface area contributed by atoms with Gasteiger partial charge in [0.2, 0.25) is 8.87 Å². The van der Waals surface area contributed by atoms with E-state index < -0.39 is 20.1 Å². The van der Waals surface area contributed by atoms with Gasteiger partial charge in [-0.15, -0.1) is 0 Å². The molecule has 0 aliphatic heterocycles. The minimum absolute atomic E-state index is 0.108. The molecule has 1 aromatic rings. The Morgan fingerprint density at radius 2 is 1.81 bits per heavy atom. The maximum absolute atomic E-state index is 11.7. The van der Waals surface area contributed by atoms with Crippen molar-refractivity contribution in [3.05, 3.63) is 29.8 Å². The largest absolute Gasteiger partial charge is 0.549 e. The predicted molar refractivity (Wildman–Crippen MR) is 60.4 cm³/mol. The Labute approximate surface area is 98.0 Å². The Hall–Kier alpha value is -1.01. The SMILES string of the molecule is Cc1ccc(S(=O)(=O)SC(C)C(=O)[O-])cc1. The molecule has 1 rings (SSSR count). The van der Waals surface area contributed by atoms with Crippen LogP contribution in [0.25, 0.3) is 0 Å². The number of aliphatic carboxylic acids is 1. The summed E-state index contributed by atoms with van der Waals surface area (Å²) in [5.41, 5.74) is 0.942. The van der Waals surface area contributed by atoms with Gasteiger partial charge in [0.15, 0.2) is 0 Å². The first-order chi connectivity index (χ1) is 7.33. The number of carboxylic acid groups (broad SMARTS) is 1. The first-order valence-corrected chi connectivity index (χ1v) is 7.42. The Bertz CT molecular complexity index is 476. The molecule has 0 aromatic heterocycles. The van der Waals surface area contributed by atoms with Gasteiger partial charge in [0.1, 0.15) is 0 Å². The molecular weight excluding hydrogens is 248 g/mol. The van der Waals surface area contributed by atoms with Crippen LogP contribution in [0, 0.1) is 6.92 Å². The van der Waals surface area contributed by atoms with Crippen LogP contribution in [-0.2, 0) is 13.7 Å². The van der Waals surface area contributed by atoms with Gasteiger partial charge in [0, 0.05) is 0 Å². The van der Waals surface area contributed by atoms with E-state index in [1.54, 1.807) is 12.1 Å². The van der Waals surface area contributed by atoms with E-state index >= 15 is 0 Å². The van der Waals surface area contributed by atoms with E-state index in [-0.39, 0.29) is 4.90 Å². The van der Waals surface area contributed by atoms with Gasteiger partial charge in [-0.25, -0.2) is 8.42 Å². The third kappa shape index (κ3) is 3.24. The molecule has 0 radical (unpaired) electrons. The smallest absolute Gasteiger partial charge is 0.230 e. The summed E-state index contributed by atoms with van der Waals surface area (Å²) in [5, 5.41) is 9.37. The van der Waals surface area contributed by atoms with Crippen molar-refractivity contribution in [3.8, 4) is 0 Å². The molecule has 0 spiro atoms. The van der Waals surface area contributed by atoms with Crippen LogP contribution in [0.1, 0.15) is 12.5 Å². The van der Waals surface area contributed by atoms with Crippen LogP contribution in [0.3, 0.4) is 0 Å². The topological polar surface area (TPSA) is 74.3 Å². The summed E-state index contributed by atoms with van der Waals surface area (Å²) in [4.78, 5) is 10.6. The molecule has 0 saturated carbocycles. The van der Waals surface area contributed by atoms with Crippen molar-refractivity contribution < 1.29 is 18.3 Å². The molecule has 0 fully saturated rings. The molecule has 0 bridgehead atoms. The van der Waals surface area contributed by atoms with E-state index in [1.165, 1.54) is 19.1 Å². The lowest BCUT2D eigenvalue weighted by atomic mass is 10.2. The van der Waals surface area contributed by atoms with Gasteiger partial charge in [-0.1, -0.05) is 17.7 Å². The summed E-state index contributed by atoms with van der Waals surface area (Å²) in [6.07, 6.45) is 0. The van der Waals surface area contributed by atoms with Crippen molar-refractivity contribution in [2.24, 2.45) is 0 Å². The molecule has 4 nitrogen and oxygen atoms in total. The normalized spacial score (nSPS) is 13.4. The number of aryl methyl sites for hydroxylation is 1. The molecule has 88 valence electrons. The molecule has 0 aliphatic rings. The first kappa shape index (κ1) is 13.1. The van der Waals surface area contributed by atoms with Crippen molar-refractivity contribution >= 4 is 25.6 Å². The van der Waals surface area contributed by atoms with Gasteiger partial charge in [0.25, 0.3) is 0 Å². The highest BCUT2D eigenvalue weighted by molar-refractivity contribution is 8.72. The summed E-state index contributed by atoms with van der Waals surface area (Å²) in [7, 11) is -3.25. The van der Waals surface area contributed by atoms with Gasteiger partial charge in [0.05, 0.1) is 16.1 Å². The molecule has 0 amide bonds. The van der Waals surface area contributed by atoms with Gasteiger partial charge in [-0.3, -0.25) is 0 Å². The second-order valence-electron chi connectivity index (χ2n) is 3.32. The lowest BCUT2D eigenvalue weighted by molar-refractivity contribution is -0.304. The third-order valence-electron chi connectivity index (χ3n) is 1.91. The van der Waals surface area contributed by atoms with Crippen LogP contribution < -0.4 is 5.11 Å². The van der Waals surface area contributed by atoms with Gasteiger partial charge in [-0.05, 0) is 36.8 Å². The average molecular weight is 259 g/mol. The van der Waals surface area contributed by atoms with Crippen molar-refractivity contribution in [1.82, 2.24) is 0 Å². The number of rotatable bonds is 4. The third-order valence-corrected chi connectivity index (χ3v) is 5.70. The molecule has 1 unspecified atom stereocenters. The summed E-state index contributed by atoms with van der Waals surface area (Å²) in [5.74, 6) is -1.39. The fourth-order valence-electron chi connectivity index (χ4n) is 0.990. The average Bonchev–Trinajstić information content (AvgIpc) is 2.17. The molecule has 0 N–H and O–H groups in total. The van der Waals surface area contributed by atoms with E-state index in [9.17, 15) is 18.3 Å². The number of carbonyl (C=O) groups excluding carboxylic acids is 1. The fraction of sp³-hybridized carbons (Fsp3) is 0.300. The zero-order chi connectivity index (χ0) is 12.3. The number of benzene rings is 1. The van der Waals surface area contributed by atoms with Crippen LogP contribution in [-0.4, -0.2) is 19.6 Å². The monoisotopic (exact) mass is 259 g/mol. The van der Waals surface area contributed by atoms with E-state index in [0.29, 0.717) is 10.8 Å². The quantitative estimate of drug-likeness (QED) is 0.738. The van der Waals surface area contributed by atoms with Crippen LogP contribution in [0.15, 0.2) is 29.2 Å².